The summed E-state index contributed by atoms with van der Waals surface area (Å²) in [7, 11) is 0. The monoisotopic (exact) mass is 136 g/mol. The Kier molecular flexibility index (Phi) is 1.20. The Bertz CT molecular complexity index is 212. The van der Waals surface area contributed by atoms with Gasteiger partial charge in [-0.3, -0.25) is 0 Å². The molecule has 1 aliphatic rings. The van der Waals surface area contributed by atoms with Crippen molar-refractivity contribution < 1.29 is 9.47 Å². The molecule has 0 amide bonds. The summed E-state index contributed by atoms with van der Waals surface area (Å²) < 4.78 is 10.4. The number of fused-ring (bicyclic) bond motifs is 1. The molecule has 0 saturated heterocycles. The highest BCUT2D eigenvalue weighted by atomic mass is 16.6. The summed E-state index contributed by atoms with van der Waals surface area (Å²) in [5.41, 5.74) is 0. The first kappa shape index (κ1) is 5.53. The molecule has 0 N–H and O–H groups in total. The number of rotatable bonds is 0. The van der Waals surface area contributed by atoms with Gasteiger partial charge in [0.05, 0.1) is 6.20 Å². The van der Waals surface area contributed by atoms with Crippen LogP contribution in [-0.2, 0) is 0 Å². The number of aromatic nitrogens is 1. The van der Waals surface area contributed by atoms with Crippen LogP contribution in [0.1, 0.15) is 0 Å². The van der Waals surface area contributed by atoms with E-state index in [0.29, 0.717) is 24.8 Å². The minimum absolute atomic E-state index is 0.550. The van der Waals surface area contributed by atoms with Crippen LogP contribution in [-0.4, -0.2) is 18.2 Å². The first-order valence-corrected chi connectivity index (χ1v) is 3.09. The number of pyridine rings is 1. The largest absolute Gasteiger partial charge is 0.484 e. The second-order valence-corrected chi connectivity index (χ2v) is 1.94. The summed E-state index contributed by atoms with van der Waals surface area (Å²) in [4.78, 5) is 3.85. The van der Waals surface area contributed by atoms with Crippen molar-refractivity contribution in [2.24, 2.45) is 0 Å². The van der Waals surface area contributed by atoms with Gasteiger partial charge in [0, 0.05) is 0 Å². The van der Waals surface area contributed by atoms with Crippen LogP contribution >= 0.6 is 0 Å². The molecule has 0 aliphatic carbocycles. The zero-order valence-corrected chi connectivity index (χ0v) is 5.33. The number of ether oxygens (including phenoxy) is 2. The van der Waals surface area contributed by atoms with Gasteiger partial charge in [0.2, 0.25) is 0 Å². The van der Waals surface area contributed by atoms with Crippen molar-refractivity contribution in [1.82, 2.24) is 4.98 Å². The van der Waals surface area contributed by atoms with Crippen LogP contribution in [0, 0.1) is 6.20 Å². The Balaban J connectivity index is 2.41. The maximum Gasteiger partial charge on any atom is 0.257 e. The lowest BCUT2D eigenvalue weighted by atomic mass is 10.4. The molecule has 2 heterocycles. The van der Waals surface area contributed by atoms with Crippen molar-refractivity contribution in [2.45, 2.75) is 0 Å². The van der Waals surface area contributed by atoms with Gasteiger partial charge in [0.1, 0.15) is 13.2 Å². The van der Waals surface area contributed by atoms with E-state index in [1.165, 1.54) is 0 Å². The average Bonchev–Trinajstić information content (AvgIpc) is 2.05. The first-order chi connectivity index (χ1) is 4.97. The topological polar surface area (TPSA) is 31.4 Å². The number of hydrogen-bond donors (Lipinski definition) is 0. The Morgan fingerprint density at radius 1 is 1.40 bits per heavy atom. The number of hydrogen-bond acceptors (Lipinski definition) is 3. The summed E-state index contributed by atoms with van der Waals surface area (Å²) in [5.74, 6) is 1.26. The molecular formula is C7H6NO2. The fourth-order valence-corrected chi connectivity index (χ4v) is 0.838. The minimum Gasteiger partial charge on any atom is -0.484 e. The fraction of sp³-hybridized carbons (Fsp3) is 0.286. The van der Waals surface area contributed by atoms with Crippen molar-refractivity contribution in [3.63, 3.8) is 0 Å². The van der Waals surface area contributed by atoms with E-state index in [1.807, 2.05) is 0 Å². The van der Waals surface area contributed by atoms with Gasteiger partial charge in [-0.25, -0.2) is 4.98 Å². The molecule has 0 atom stereocenters. The Labute approximate surface area is 58.6 Å². The molecule has 0 saturated carbocycles. The molecule has 3 heteroatoms. The van der Waals surface area contributed by atoms with Crippen LogP contribution in [0.5, 0.6) is 11.6 Å². The van der Waals surface area contributed by atoms with Gasteiger partial charge in [0.25, 0.3) is 5.88 Å². The van der Waals surface area contributed by atoms with Gasteiger partial charge in [-0.1, -0.05) is 0 Å². The third-order valence-corrected chi connectivity index (χ3v) is 1.27. The second kappa shape index (κ2) is 2.17. The van der Waals surface area contributed by atoms with E-state index in [9.17, 15) is 0 Å². The van der Waals surface area contributed by atoms with E-state index in [1.54, 1.807) is 12.1 Å². The summed E-state index contributed by atoms with van der Waals surface area (Å²) in [6.45, 7) is 1.19. The van der Waals surface area contributed by atoms with Crippen molar-refractivity contribution in [2.75, 3.05) is 13.2 Å². The fourth-order valence-electron chi connectivity index (χ4n) is 0.838. The number of nitrogens with zero attached hydrogens (tertiary/aromatic N) is 1. The first-order valence-electron chi connectivity index (χ1n) is 3.09. The predicted octanol–water partition coefficient (Wildman–Crippen LogP) is 0.653. The molecule has 3 nitrogen and oxygen atoms in total. The standard InChI is InChI=1S/C7H6NO2/c1-2-6-7(8-3-1)10-5-4-9-6/h1-2H,4-5H2. The maximum absolute atomic E-state index is 5.22. The van der Waals surface area contributed by atoms with Crippen molar-refractivity contribution in [3.8, 4) is 11.6 Å². The highest BCUT2D eigenvalue weighted by Gasteiger charge is 2.10. The van der Waals surface area contributed by atoms with Gasteiger partial charge < -0.3 is 9.47 Å². The average molecular weight is 136 g/mol. The lowest BCUT2D eigenvalue weighted by Crippen LogP contribution is -2.15. The van der Waals surface area contributed by atoms with Crippen molar-refractivity contribution in [1.29, 1.82) is 0 Å². The summed E-state index contributed by atoms with van der Waals surface area (Å²) in [5, 5.41) is 0. The van der Waals surface area contributed by atoms with Crippen molar-refractivity contribution in [3.05, 3.63) is 18.3 Å². The Hall–Kier alpha value is -1.25. The lowest BCUT2D eigenvalue weighted by Gasteiger charge is -2.15. The van der Waals surface area contributed by atoms with Gasteiger partial charge in [-0.2, -0.15) is 0 Å². The smallest absolute Gasteiger partial charge is 0.257 e. The molecule has 0 unspecified atom stereocenters. The molecule has 51 valence electrons. The van der Waals surface area contributed by atoms with Crippen LogP contribution in [0.25, 0.3) is 0 Å². The molecule has 1 aliphatic heterocycles. The zero-order chi connectivity index (χ0) is 6.81. The molecule has 1 radical (unpaired) electrons. The van der Waals surface area contributed by atoms with E-state index in [-0.39, 0.29) is 0 Å². The molecule has 1 aromatic rings. The summed E-state index contributed by atoms with van der Waals surface area (Å²) in [6.07, 6.45) is 2.67. The highest BCUT2D eigenvalue weighted by molar-refractivity contribution is 5.33. The van der Waals surface area contributed by atoms with Crippen LogP contribution in [0.4, 0.5) is 0 Å². The molecule has 10 heavy (non-hydrogen) atoms. The zero-order valence-electron chi connectivity index (χ0n) is 5.33. The van der Waals surface area contributed by atoms with E-state index in [4.69, 9.17) is 9.47 Å². The van der Waals surface area contributed by atoms with E-state index >= 15 is 0 Å². The summed E-state index contributed by atoms with van der Waals surface area (Å²) >= 11 is 0. The van der Waals surface area contributed by atoms with Crippen LogP contribution in [0.15, 0.2) is 12.1 Å². The molecule has 0 bridgehead atoms. The third kappa shape index (κ3) is 0.795. The second-order valence-electron chi connectivity index (χ2n) is 1.94. The summed E-state index contributed by atoms with van der Waals surface area (Å²) in [6, 6.07) is 3.50. The SMILES string of the molecule is [c]1ccc2c(n1)OCCO2. The Morgan fingerprint density at radius 2 is 2.30 bits per heavy atom. The highest BCUT2D eigenvalue weighted by Crippen LogP contribution is 2.25. The third-order valence-electron chi connectivity index (χ3n) is 1.27. The van der Waals surface area contributed by atoms with Gasteiger partial charge >= 0.3 is 0 Å². The van der Waals surface area contributed by atoms with Gasteiger partial charge in [-0.15, -0.1) is 0 Å². The molecule has 2 rings (SSSR count). The normalized spacial score (nSPS) is 14.8. The quantitative estimate of drug-likeness (QED) is 0.524. The van der Waals surface area contributed by atoms with Crippen LogP contribution < -0.4 is 9.47 Å². The van der Waals surface area contributed by atoms with E-state index in [0.717, 1.165) is 0 Å². The molecule has 0 aromatic carbocycles. The minimum atomic E-state index is 0.550. The molecule has 0 fully saturated rings. The van der Waals surface area contributed by atoms with Crippen LogP contribution in [0.2, 0.25) is 0 Å². The predicted molar refractivity (Wildman–Crippen MR) is 34.1 cm³/mol. The van der Waals surface area contributed by atoms with E-state index in [2.05, 4.69) is 11.2 Å². The lowest BCUT2D eigenvalue weighted by molar-refractivity contribution is 0.164. The maximum atomic E-state index is 5.22. The molecule has 0 spiro atoms. The molecule has 1 aromatic heterocycles. The molecular weight excluding hydrogens is 130 g/mol. The van der Waals surface area contributed by atoms with Gasteiger partial charge in [0.15, 0.2) is 5.75 Å². The van der Waals surface area contributed by atoms with Crippen LogP contribution in [0.3, 0.4) is 0 Å². The van der Waals surface area contributed by atoms with Gasteiger partial charge in [-0.05, 0) is 12.1 Å². The van der Waals surface area contributed by atoms with E-state index < -0.39 is 0 Å². The Morgan fingerprint density at radius 3 is 3.20 bits per heavy atom. The van der Waals surface area contributed by atoms with Crippen molar-refractivity contribution >= 4 is 0 Å².